The number of amides is 3. The number of nitrogens with one attached hydrogen (secondary N) is 1. The van der Waals surface area contributed by atoms with Crippen LogP contribution in [0.3, 0.4) is 0 Å². The molecule has 0 radical (unpaired) electrons. The highest BCUT2D eigenvalue weighted by molar-refractivity contribution is 5.95. The molecule has 3 rings (SSSR count). The van der Waals surface area contributed by atoms with Crippen LogP contribution in [0.2, 0.25) is 0 Å². The highest BCUT2D eigenvalue weighted by Gasteiger charge is 2.43. The van der Waals surface area contributed by atoms with E-state index < -0.39 is 42.0 Å². The van der Waals surface area contributed by atoms with Gasteiger partial charge in [-0.05, 0) is 56.2 Å². The first kappa shape index (κ1) is 28.7. The van der Waals surface area contributed by atoms with Crippen LogP contribution in [0.1, 0.15) is 44.1 Å². The summed E-state index contributed by atoms with van der Waals surface area (Å²) >= 11 is 0. The summed E-state index contributed by atoms with van der Waals surface area (Å²) in [5.41, 5.74) is 17.4. The largest absolute Gasteiger partial charge is 0.508 e. The third kappa shape index (κ3) is 7.34. The number of carbonyl (C=O) groups is 4. The second-order valence-corrected chi connectivity index (χ2v) is 9.70. The molecule has 2 aliphatic rings. The van der Waals surface area contributed by atoms with Crippen molar-refractivity contribution >= 4 is 29.7 Å². The summed E-state index contributed by atoms with van der Waals surface area (Å²) in [5.74, 6) is -2.40. The van der Waals surface area contributed by atoms with Crippen molar-refractivity contribution in [3.8, 4) is 5.75 Å². The molecule has 38 heavy (non-hydrogen) atoms. The molecular formula is C25H37N7O6. The van der Waals surface area contributed by atoms with E-state index in [1.54, 1.807) is 12.1 Å². The van der Waals surface area contributed by atoms with Gasteiger partial charge in [-0.1, -0.05) is 12.1 Å². The second-order valence-electron chi connectivity index (χ2n) is 9.70. The Morgan fingerprint density at radius 1 is 1.03 bits per heavy atom. The molecule has 2 fully saturated rings. The van der Waals surface area contributed by atoms with Crippen LogP contribution in [0.4, 0.5) is 0 Å². The summed E-state index contributed by atoms with van der Waals surface area (Å²) in [7, 11) is 0. The van der Waals surface area contributed by atoms with Crippen LogP contribution in [-0.4, -0.2) is 93.5 Å². The first-order valence-electron chi connectivity index (χ1n) is 12.8. The number of guanidine groups is 1. The van der Waals surface area contributed by atoms with E-state index in [9.17, 15) is 29.4 Å². The summed E-state index contributed by atoms with van der Waals surface area (Å²) in [4.78, 5) is 58.3. The number of aliphatic carboxylic acids is 1. The van der Waals surface area contributed by atoms with E-state index in [4.69, 9.17) is 17.2 Å². The van der Waals surface area contributed by atoms with Gasteiger partial charge in [0.25, 0.3) is 0 Å². The van der Waals surface area contributed by atoms with Crippen molar-refractivity contribution < 1.29 is 29.4 Å². The Bertz CT molecular complexity index is 1040. The number of nitrogens with zero attached hydrogens (tertiary/aromatic N) is 3. The van der Waals surface area contributed by atoms with Crippen LogP contribution in [0, 0.1) is 0 Å². The van der Waals surface area contributed by atoms with Crippen molar-refractivity contribution in [1.82, 2.24) is 15.1 Å². The van der Waals surface area contributed by atoms with E-state index in [0.29, 0.717) is 63.7 Å². The fraction of sp³-hybridized carbons (Fsp3) is 0.560. The van der Waals surface area contributed by atoms with Gasteiger partial charge in [0.15, 0.2) is 5.96 Å². The Morgan fingerprint density at radius 2 is 1.66 bits per heavy atom. The molecule has 9 N–H and O–H groups in total. The Hall–Kier alpha value is -3.87. The number of phenols is 1. The number of carboxylic acid groups (broad SMARTS) is 1. The Labute approximate surface area is 221 Å². The smallest absolute Gasteiger partial charge is 0.326 e. The molecule has 0 aliphatic carbocycles. The van der Waals surface area contributed by atoms with Gasteiger partial charge in [0.1, 0.15) is 23.9 Å². The molecule has 4 atom stereocenters. The van der Waals surface area contributed by atoms with Crippen LogP contribution in [0.15, 0.2) is 29.3 Å². The topological polar surface area (TPSA) is 218 Å². The fourth-order valence-electron chi connectivity index (χ4n) is 4.96. The predicted octanol–water partition coefficient (Wildman–Crippen LogP) is -1.13. The van der Waals surface area contributed by atoms with Gasteiger partial charge in [-0.25, -0.2) is 4.79 Å². The lowest BCUT2D eigenvalue weighted by molar-refractivity contribution is -0.152. The number of benzene rings is 1. The SMILES string of the molecule is NC(N)=NCCCC(N)C(=O)NC(Cc1ccc(O)cc1)C(=O)N1CCCC1C(=O)N1CCCC1C(=O)O. The van der Waals surface area contributed by atoms with E-state index in [2.05, 4.69) is 10.3 Å². The number of rotatable bonds is 11. The van der Waals surface area contributed by atoms with Gasteiger partial charge in [-0.2, -0.15) is 0 Å². The van der Waals surface area contributed by atoms with Crippen molar-refractivity contribution in [2.75, 3.05) is 19.6 Å². The zero-order chi connectivity index (χ0) is 27.8. The summed E-state index contributed by atoms with van der Waals surface area (Å²) in [6, 6.07) is 2.63. The van der Waals surface area contributed by atoms with Crippen LogP contribution in [0.25, 0.3) is 0 Å². The summed E-state index contributed by atoms with van der Waals surface area (Å²) in [5, 5.41) is 21.9. The molecular weight excluding hydrogens is 494 g/mol. The first-order chi connectivity index (χ1) is 18.1. The number of phenolic OH excluding ortho intramolecular Hbond substituents is 1. The van der Waals surface area contributed by atoms with Gasteiger partial charge in [0, 0.05) is 26.1 Å². The quantitative estimate of drug-likeness (QED) is 0.115. The Kier molecular flexibility index (Phi) is 9.88. The molecule has 0 spiro atoms. The zero-order valence-electron chi connectivity index (χ0n) is 21.3. The number of likely N-dealkylation sites (tertiary alicyclic amines) is 2. The lowest BCUT2D eigenvalue weighted by Gasteiger charge is -2.32. The maximum atomic E-state index is 13.7. The number of nitrogens with two attached hydrogens (primary N) is 3. The summed E-state index contributed by atoms with van der Waals surface area (Å²) in [6.07, 6.45) is 2.83. The molecule has 2 saturated heterocycles. The molecule has 3 amide bonds. The molecule has 4 unspecified atom stereocenters. The number of hydrogen-bond donors (Lipinski definition) is 6. The molecule has 1 aromatic carbocycles. The molecule has 13 nitrogen and oxygen atoms in total. The average molecular weight is 532 g/mol. The second kappa shape index (κ2) is 13.1. The highest BCUT2D eigenvalue weighted by atomic mass is 16.4. The standard InChI is InChI=1S/C25H37N7O6/c26-17(4-1-11-29-25(27)28)21(34)30-18(14-15-7-9-16(33)10-8-15)22(35)31-12-2-5-19(31)23(36)32-13-3-6-20(32)24(37)38/h7-10,17-20,33H,1-6,11-14,26H2,(H,30,34)(H,37,38)(H4,27,28,29). The number of carboxylic acids is 1. The van der Waals surface area contributed by atoms with E-state index in [1.165, 1.54) is 21.9 Å². The van der Waals surface area contributed by atoms with Crippen LogP contribution >= 0.6 is 0 Å². The normalized spacial score (nSPS) is 20.6. The van der Waals surface area contributed by atoms with Crippen molar-refractivity contribution in [1.29, 1.82) is 0 Å². The fourth-order valence-corrected chi connectivity index (χ4v) is 4.96. The lowest BCUT2D eigenvalue weighted by Crippen LogP contribution is -2.57. The molecule has 13 heteroatoms. The minimum Gasteiger partial charge on any atom is -0.508 e. The van der Waals surface area contributed by atoms with Crippen LogP contribution in [-0.2, 0) is 25.6 Å². The molecule has 2 heterocycles. The van der Waals surface area contributed by atoms with E-state index in [-0.39, 0.29) is 24.0 Å². The molecule has 2 aliphatic heterocycles. The van der Waals surface area contributed by atoms with Gasteiger partial charge < -0.3 is 42.5 Å². The minimum absolute atomic E-state index is 0.0547. The van der Waals surface area contributed by atoms with Gasteiger partial charge in [0.05, 0.1) is 6.04 Å². The molecule has 0 bridgehead atoms. The zero-order valence-corrected chi connectivity index (χ0v) is 21.3. The summed E-state index contributed by atoms with van der Waals surface area (Å²) in [6.45, 7) is 0.953. The molecule has 208 valence electrons. The Balaban J connectivity index is 1.75. The molecule has 0 aromatic heterocycles. The van der Waals surface area contributed by atoms with Crippen molar-refractivity contribution in [2.24, 2.45) is 22.2 Å². The van der Waals surface area contributed by atoms with Gasteiger partial charge in [0.2, 0.25) is 17.7 Å². The average Bonchev–Trinajstić information content (AvgIpc) is 3.56. The monoisotopic (exact) mass is 531 g/mol. The number of hydrogen-bond acceptors (Lipinski definition) is 7. The lowest BCUT2D eigenvalue weighted by atomic mass is 10.0. The molecule has 0 saturated carbocycles. The van der Waals surface area contributed by atoms with E-state index in [1.807, 2.05) is 0 Å². The number of carbonyl (C=O) groups excluding carboxylic acids is 3. The highest BCUT2D eigenvalue weighted by Crippen LogP contribution is 2.26. The Morgan fingerprint density at radius 3 is 2.29 bits per heavy atom. The van der Waals surface area contributed by atoms with E-state index >= 15 is 0 Å². The predicted molar refractivity (Wildman–Crippen MR) is 139 cm³/mol. The van der Waals surface area contributed by atoms with Crippen molar-refractivity contribution in [2.45, 2.75) is 69.1 Å². The summed E-state index contributed by atoms with van der Waals surface area (Å²) < 4.78 is 0. The van der Waals surface area contributed by atoms with Crippen LogP contribution < -0.4 is 22.5 Å². The van der Waals surface area contributed by atoms with Gasteiger partial charge in [-0.15, -0.1) is 0 Å². The third-order valence-electron chi connectivity index (χ3n) is 6.94. The van der Waals surface area contributed by atoms with E-state index in [0.717, 1.165) is 0 Å². The molecule has 1 aromatic rings. The minimum atomic E-state index is -1.06. The van der Waals surface area contributed by atoms with Crippen molar-refractivity contribution in [3.05, 3.63) is 29.8 Å². The maximum Gasteiger partial charge on any atom is 0.326 e. The third-order valence-corrected chi connectivity index (χ3v) is 6.94. The van der Waals surface area contributed by atoms with Crippen molar-refractivity contribution in [3.63, 3.8) is 0 Å². The number of aliphatic imine (C=N–C) groups is 1. The first-order valence-corrected chi connectivity index (χ1v) is 12.8. The van der Waals surface area contributed by atoms with Gasteiger partial charge >= 0.3 is 5.97 Å². The number of aromatic hydroxyl groups is 1. The van der Waals surface area contributed by atoms with Gasteiger partial charge in [-0.3, -0.25) is 19.4 Å². The van der Waals surface area contributed by atoms with Crippen LogP contribution in [0.5, 0.6) is 5.75 Å². The maximum absolute atomic E-state index is 13.7.